The van der Waals surface area contributed by atoms with Crippen molar-refractivity contribution in [1.82, 2.24) is 0 Å². The third-order valence-corrected chi connectivity index (χ3v) is 2.72. The van der Waals surface area contributed by atoms with Crippen LogP contribution in [0.15, 0.2) is 30.3 Å². The molecular weight excluding hydrogens is 200 g/mol. The second-order valence-corrected chi connectivity index (χ2v) is 4.54. The van der Waals surface area contributed by atoms with E-state index >= 15 is 0 Å². The first kappa shape index (κ1) is 10.8. The van der Waals surface area contributed by atoms with Crippen molar-refractivity contribution < 1.29 is 10.2 Å². The Kier molecular flexibility index (Phi) is 2.73. The van der Waals surface area contributed by atoms with Gasteiger partial charge in [0.1, 0.15) is 11.5 Å². The lowest BCUT2D eigenvalue weighted by atomic mass is 9.98. The van der Waals surface area contributed by atoms with Crippen molar-refractivity contribution >= 4 is 10.8 Å². The molecule has 2 aromatic rings. The molecule has 2 N–H and O–H groups in total. The third kappa shape index (κ3) is 1.83. The second kappa shape index (κ2) is 4.05. The lowest BCUT2D eigenvalue weighted by Crippen LogP contribution is -1.94. The summed E-state index contributed by atoms with van der Waals surface area (Å²) in [5, 5.41) is 21.2. The number of hydrogen-bond donors (Lipinski definition) is 2. The van der Waals surface area contributed by atoms with Crippen molar-refractivity contribution in [2.75, 3.05) is 0 Å². The smallest absolute Gasteiger partial charge is 0.126 e. The summed E-state index contributed by atoms with van der Waals surface area (Å²) in [6.45, 7) is 4.23. The summed E-state index contributed by atoms with van der Waals surface area (Å²) >= 11 is 0. The first-order valence-corrected chi connectivity index (χ1v) is 5.52. The maximum atomic E-state index is 10.1. The van der Waals surface area contributed by atoms with Crippen LogP contribution in [0.3, 0.4) is 0 Å². The van der Waals surface area contributed by atoms with Crippen LogP contribution in [0.1, 0.15) is 19.4 Å². The number of hydrogen-bond acceptors (Lipinski definition) is 2. The number of rotatable bonds is 2. The van der Waals surface area contributed by atoms with E-state index in [1.807, 2.05) is 18.2 Å². The average Bonchev–Trinajstić information content (AvgIpc) is 2.23. The molecule has 2 nitrogen and oxygen atoms in total. The minimum atomic E-state index is 0.212. The number of fused-ring (bicyclic) bond motifs is 1. The van der Waals surface area contributed by atoms with Crippen LogP contribution in [0.2, 0.25) is 0 Å². The van der Waals surface area contributed by atoms with Crippen LogP contribution in [-0.2, 0) is 6.42 Å². The van der Waals surface area contributed by atoms with E-state index in [1.165, 1.54) is 0 Å². The maximum absolute atomic E-state index is 10.1. The van der Waals surface area contributed by atoms with E-state index in [0.717, 1.165) is 17.4 Å². The Labute approximate surface area is 95.2 Å². The first-order valence-electron chi connectivity index (χ1n) is 5.52. The first-order chi connectivity index (χ1) is 7.59. The second-order valence-electron chi connectivity index (χ2n) is 4.54. The molecule has 0 heterocycles. The van der Waals surface area contributed by atoms with Crippen LogP contribution in [0.5, 0.6) is 11.5 Å². The zero-order chi connectivity index (χ0) is 11.7. The molecule has 0 fully saturated rings. The molecule has 2 aromatic carbocycles. The fraction of sp³-hybridized carbons (Fsp3) is 0.286. The Hall–Kier alpha value is -1.70. The van der Waals surface area contributed by atoms with E-state index in [1.54, 1.807) is 12.1 Å². The predicted molar refractivity (Wildman–Crippen MR) is 65.8 cm³/mol. The van der Waals surface area contributed by atoms with Gasteiger partial charge in [-0.25, -0.2) is 0 Å². The summed E-state index contributed by atoms with van der Waals surface area (Å²) in [6, 6.07) is 8.95. The number of phenolic OH excluding ortho intramolecular Hbond substituents is 2. The van der Waals surface area contributed by atoms with Gasteiger partial charge in [-0.3, -0.25) is 0 Å². The van der Waals surface area contributed by atoms with E-state index in [2.05, 4.69) is 13.8 Å². The highest BCUT2D eigenvalue weighted by atomic mass is 16.3. The summed E-state index contributed by atoms with van der Waals surface area (Å²) in [4.78, 5) is 0. The van der Waals surface area contributed by atoms with Crippen molar-refractivity contribution in [3.8, 4) is 11.5 Å². The van der Waals surface area contributed by atoms with Crippen LogP contribution < -0.4 is 0 Å². The quantitative estimate of drug-likeness (QED) is 0.807. The van der Waals surface area contributed by atoms with Gasteiger partial charge in [0.25, 0.3) is 0 Å². The van der Waals surface area contributed by atoms with Gasteiger partial charge in [0.05, 0.1) is 0 Å². The fourth-order valence-corrected chi connectivity index (χ4v) is 1.98. The van der Waals surface area contributed by atoms with Crippen LogP contribution in [0.4, 0.5) is 0 Å². The molecule has 2 heteroatoms. The molecule has 0 amide bonds. The molecule has 2 rings (SSSR count). The largest absolute Gasteiger partial charge is 0.507 e. The van der Waals surface area contributed by atoms with Crippen LogP contribution >= 0.6 is 0 Å². The third-order valence-electron chi connectivity index (χ3n) is 2.72. The van der Waals surface area contributed by atoms with Gasteiger partial charge in [0.15, 0.2) is 0 Å². The number of phenols is 2. The summed E-state index contributed by atoms with van der Waals surface area (Å²) in [7, 11) is 0. The molecule has 0 saturated carbocycles. The molecule has 0 spiro atoms. The van der Waals surface area contributed by atoms with Crippen LogP contribution in [-0.4, -0.2) is 10.2 Å². The molecule has 0 bridgehead atoms. The summed E-state index contributed by atoms with van der Waals surface area (Å²) < 4.78 is 0. The van der Waals surface area contributed by atoms with E-state index in [0.29, 0.717) is 17.1 Å². The van der Waals surface area contributed by atoms with Crippen molar-refractivity contribution in [1.29, 1.82) is 0 Å². The fourth-order valence-electron chi connectivity index (χ4n) is 1.98. The van der Waals surface area contributed by atoms with Crippen molar-refractivity contribution in [3.05, 3.63) is 35.9 Å². The Balaban J connectivity index is 2.61. The zero-order valence-corrected chi connectivity index (χ0v) is 9.57. The highest BCUT2D eigenvalue weighted by Gasteiger charge is 2.09. The summed E-state index contributed by atoms with van der Waals surface area (Å²) in [5.74, 6) is 1.01. The van der Waals surface area contributed by atoms with Crippen LogP contribution in [0.25, 0.3) is 10.8 Å². The van der Waals surface area contributed by atoms with E-state index in [9.17, 15) is 10.2 Å². The highest BCUT2D eigenvalue weighted by molar-refractivity contribution is 5.93. The van der Waals surface area contributed by atoms with Gasteiger partial charge in [-0.2, -0.15) is 0 Å². The average molecular weight is 216 g/mol. The SMILES string of the molecule is CC(C)Cc1ccc2c(O)cccc2c1O. The Morgan fingerprint density at radius 3 is 2.44 bits per heavy atom. The van der Waals surface area contributed by atoms with Gasteiger partial charge < -0.3 is 10.2 Å². The van der Waals surface area contributed by atoms with Gasteiger partial charge in [-0.1, -0.05) is 38.1 Å². The number of aromatic hydroxyl groups is 2. The molecule has 0 aliphatic rings. The molecule has 0 unspecified atom stereocenters. The molecule has 16 heavy (non-hydrogen) atoms. The van der Waals surface area contributed by atoms with Gasteiger partial charge in [-0.05, 0) is 24.0 Å². The Morgan fingerprint density at radius 2 is 1.75 bits per heavy atom. The lowest BCUT2D eigenvalue weighted by molar-refractivity contribution is 0.466. The Morgan fingerprint density at radius 1 is 1.00 bits per heavy atom. The molecule has 0 radical (unpaired) electrons. The molecule has 0 atom stereocenters. The van der Waals surface area contributed by atoms with Gasteiger partial charge in [0, 0.05) is 10.8 Å². The molecule has 0 aliphatic heterocycles. The number of benzene rings is 2. The topological polar surface area (TPSA) is 40.5 Å². The molecule has 84 valence electrons. The van der Waals surface area contributed by atoms with Crippen LogP contribution in [0, 0.1) is 5.92 Å². The zero-order valence-electron chi connectivity index (χ0n) is 9.57. The minimum absolute atomic E-state index is 0.212. The minimum Gasteiger partial charge on any atom is -0.507 e. The lowest BCUT2D eigenvalue weighted by Gasteiger charge is -2.10. The molecular formula is C14H16O2. The van der Waals surface area contributed by atoms with E-state index in [-0.39, 0.29) is 5.75 Å². The molecule has 0 aliphatic carbocycles. The van der Waals surface area contributed by atoms with E-state index < -0.39 is 0 Å². The monoisotopic (exact) mass is 216 g/mol. The predicted octanol–water partition coefficient (Wildman–Crippen LogP) is 3.45. The van der Waals surface area contributed by atoms with E-state index in [4.69, 9.17) is 0 Å². The van der Waals surface area contributed by atoms with Gasteiger partial charge in [0.2, 0.25) is 0 Å². The maximum Gasteiger partial charge on any atom is 0.126 e. The summed E-state index contributed by atoms with van der Waals surface area (Å²) in [5.41, 5.74) is 0.938. The molecule has 0 aromatic heterocycles. The van der Waals surface area contributed by atoms with Crippen molar-refractivity contribution in [3.63, 3.8) is 0 Å². The van der Waals surface area contributed by atoms with Gasteiger partial charge >= 0.3 is 0 Å². The van der Waals surface area contributed by atoms with Crippen molar-refractivity contribution in [2.24, 2.45) is 5.92 Å². The standard InChI is InChI=1S/C14H16O2/c1-9(2)8-10-6-7-11-12(14(10)16)4-3-5-13(11)15/h3-7,9,15-16H,8H2,1-2H3. The van der Waals surface area contributed by atoms with Gasteiger partial charge in [-0.15, -0.1) is 0 Å². The highest BCUT2D eigenvalue weighted by Crippen LogP contribution is 2.34. The Bertz CT molecular complexity index is 515. The molecule has 0 saturated heterocycles. The van der Waals surface area contributed by atoms with Crippen molar-refractivity contribution in [2.45, 2.75) is 20.3 Å². The normalized spacial score (nSPS) is 11.2. The summed E-state index contributed by atoms with van der Waals surface area (Å²) in [6.07, 6.45) is 0.845.